The Morgan fingerprint density at radius 2 is 2.10 bits per heavy atom. The first kappa shape index (κ1) is 21.0. The summed E-state index contributed by atoms with van der Waals surface area (Å²) in [5.41, 5.74) is 1.91. The van der Waals surface area contributed by atoms with Crippen LogP contribution in [0.2, 0.25) is 5.02 Å². The molecule has 0 bridgehead atoms. The molecule has 0 aliphatic carbocycles. The van der Waals surface area contributed by atoms with Gasteiger partial charge in [0.15, 0.2) is 5.69 Å². The molecule has 1 amide bonds. The summed E-state index contributed by atoms with van der Waals surface area (Å²) < 4.78 is 28.0. The number of carbonyl (C=O) groups is 1. The van der Waals surface area contributed by atoms with Gasteiger partial charge in [-0.05, 0) is 12.1 Å². The molecule has 1 aromatic carbocycles. The van der Waals surface area contributed by atoms with Gasteiger partial charge in [0.1, 0.15) is 5.02 Å². The number of benzene rings is 1. The maximum Gasteiger partial charge on any atom is 0.285 e. The minimum atomic E-state index is -2.62. The lowest BCUT2D eigenvalue weighted by molar-refractivity contribution is 0.0820. The highest BCUT2D eigenvalue weighted by molar-refractivity contribution is 6.33. The quantitative estimate of drug-likeness (QED) is 0.663. The molecule has 11 heteroatoms. The van der Waals surface area contributed by atoms with E-state index in [1.165, 1.54) is 29.3 Å². The van der Waals surface area contributed by atoms with Crippen LogP contribution in [0.5, 0.6) is 0 Å². The Kier molecular flexibility index (Phi) is 5.48. The van der Waals surface area contributed by atoms with Gasteiger partial charge in [0, 0.05) is 44.7 Å². The fraction of sp³-hybridized carbons (Fsp3) is 0.300. The number of aromatic amines is 1. The fourth-order valence-corrected chi connectivity index (χ4v) is 3.82. The number of aromatic nitrogens is 4. The van der Waals surface area contributed by atoms with E-state index in [1.807, 2.05) is 4.90 Å². The van der Waals surface area contributed by atoms with E-state index >= 15 is 0 Å². The van der Waals surface area contributed by atoms with E-state index in [0.717, 1.165) is 5.69 Å². The SMILES string of the molecule is CN(C)C(=O)c1nn(-c2cccc(C(F)F)c2)c2c1CN(c1cn[nH]c(=O)c1Cl)CC2. The first-order valence-electron chi connectivity index (χ1n) is 9.47. The molecule has 0 unspecified atom stereocenters. The number of carbonyl (C=O) groups excluding carboxylic acids is 1. The second kappa shape index (κ2) is 8.10. The lowest BCUT2D eigenvalue weighted by Crippen LogP contribution is -2.33. The molecule has 1 N–H and O–H groups in total. The molecule has 2 aromatic heterocycles. The van der Waals surface area contributed by atoms with Crippen molar-refractivity contribution >= 4 is 23.2 Å². The normalized spacial score (nSPS) is 13.4. The van der Waals surface area contributed by atoms with E-state index in [1.54, 1.807) is 24.8 Å². The highest BCUT2D eigenvalue weighted by Gasteiger charge is 2.30. The molecular weight excluding hydrogens is 430 g/mol. The van der Waals surface area contributed by atoms with Crippen LogP contribution in [0.1, 0.15) is 33.7 Å². The van der Waals surface area contributed by atoms with Crippen molar-refractivity contribution in [1.82, 2.24) is 24.9 Å². The number of anilines is 1. The van der Waals surface area contributed by atoms with Crippen LogP contribution in [-0.2, 0) is 13.0 Å². The number of nitrogens with one attached hydrogen (secondary N) is 1. The van der Waals surface area contributed by atoms with Crippen molar-refractivity contribution in [3.63, 3.8) is 0 Å². The van der Waals surface area contributed by atoms with Crippen molar-refractivity contribution in [2.45, 2.75) is 19.4 Å². The molecule has 0 saturated carbocycles. The molecule has 0 radical (unpaired) electrons. The van der Waals surface area contributed by atoms with Crippen LogP contribution in [-0.4, -0.2) is 51.4 Å². The summed E-state index contributed by atoms with van der Waals surface area (Å²) in [5.74, 6) is -0.308. The Hall–Kier alpha value is -3.27. The van der Waals surface area contributed by atoms with E-state index < -0.39 is 12.0 Å². The molecule has 162 valence electrons. The number of amides is 1. The zero-order valence-electron chi connectivity index (χ0n) is 16.8. The Balaban J connectivity index is 1.82. The molecule has 1 aliphatic heterocycles. The van der Waals surface area contributed by atoms with Crippen molar-refractivity contribution < 1.29 is 13.6 Å². The van der Waals surface area contributed by atoms with Crippen molar-refractivity contribution in [2.75, 3.05) is 25.5 Å². The summed E-state index contributed by atoms with van der Waals surface area (Å²) in [6.07, 6.45) is -0.695. The minimum Gasteiger partial charge on any atom is -0.364 e. The van der Waals surface area contributed by atoms with Crippen molar-refractivity contribution in [3.05, 3.63) is 68.4 Å². The van der Waals surface area contributed by atoms with Gasteiger partial charge in [0.05, 0.1) is 23.3 Å². The van der Waals surface area contributed by atoms with Crippen LogP contribution in [0.15, 0.2) is 35.3 Å². The van der Waals surface area contributed by atoms with Crippen LogP contribution in [0, 0.1) is 0 Å². The van der Waals surface area contributed by atoms with Gasteiger partial charge in [0.2, 0.25) is 0 Å². The molecule has 31 heavy (non-hydrogen) atoms. The van der Waals surface area contributed by atoms with Crippen LogP contribution in [0.4, 0.5) is 14.5 Å². The lowest BCUT2D eigenvalue weighted by atomic mass is 10.0. The Morgan fingerprint density at radius 1 is 1.32 bits per heavy atom. The number of H-pyrrole nitrogens is 1. The second-order valence-electron chi connectivity index (χ2n) is 7.35. The molecule has 3 heterocycles. The topological polar surface area (TPSA) is 87.1 Å². The lowest BCUT2D eigenvalue weighted by Gasteiger charge is -2.29. The monoisotopic (exact) mass is 448 g/mol. The average Bonchev–Trinajstić information content (AvgIpc) is 3.14. The van der Waals surface area contributed by atoms with Gasteiger partial charge in [-0.15, -0.1) is 0 Å². The van der Waals surface area contributed by atoms with Gasteiger partial charge in [-0.1, -0.05) is 23.7 Å². The summed E-state index contributed by atoms with van der Waals surface area (Å²) in [6, 6.07) is 5.92. The van der Waals surface area contributed by atoms with Crippen LogP contribution in [0.25, 0.3) is 5.69 Å². The fourth-order valence-electron chi connectivity index (χ4n) is 3.61. The highest BCUT2D eigenvalue weighted by atomic mass is 35.5. The minimum absolute atomic E-state index is 0.0102. The molecule has 8 nitrogen and oxygen atoms in total. The van der Waals surface area contributed by atoms with Crippen molar-refractivity contribution in [1.29, 1.82) is 0 Å². The predicted molar refractivity (Wildman–Crippen MR) is 111 cm³/mol. The summed E-state index contributed by atoms with van der Waals surface area (Å²) in [5, 5.41) is 10.6. The first-order chi connectivity index (χ1) is 14.8. The van der Waals surface area contributed by atoms with E-state index in [0.29, 0.717) is 29.9 Å². The number of alkyl halides is 2. The summed E-state index contributed by atoms with van der Waals surface area (Å²) in [4.78, 5) is 27.9. The van der Waals surface area contributed by atoms with Gasteiger partial charge in [0.25, 0.3) is 17.9 Å². The molecule has 0 saturated heterocycles. The molecule has 3 aromatic rings. The van der Waals surface area contributed by atoms with Gasteiger partial charge in [-0.2, -0.15) is 10.2 Å². The molecule has 0 spiro atoms. The molecule has 0 atom stereocenters. The van der Waals surface area contributed by atoms with E-state index in [9.17, 15) is 18.4 Å². The number of rotatable bonds is 4. The third kappa shape index (κ3) is 3.78. The molecule has 4 rings (SSSR count). The Morgan fingerprint density at radius 3 is 2.81 bits per heavy atom. The van der Waals surface area contributed by atoms with Gasteiger partial charge >= 0.3 is 0 Å². The zero-order valence-corrected chi connectivity index (χ0v) is 17.5. The van der Waals surface area contributed by atoms with Gasteiger partial charge < -0.3 is 9.80 Å². The molecule has 1 aliphatic rings. The van der Waals surface area contributed by atoms with Crippen molar-refractivity contribution in [2.24, 2.45) is 0 Å². The van der Waals surface area contributed by atoms with Crippen LogP contribution < -0.4 is 10.5 Å². The summed E-state index contributed by atoms with van der Waals surface area (Å²) >= 11 is 6.16. The van der Waals surface area contributed by atoms with Crippen molar-refractivity contribution in [3.8, 4) is 5.69 Å². The van der Waals surface area contributed by atoms with Gasteiger partial charge in [-0.25, -0.2) is 18.6 Å². The van der Waals surface area contributed by atoms with Gasteiger partial charge in [-0.3, -0.25) is 9.59 Å². The largest absolute Gasteiger partial charge is 0.364 e. The third-order valence-corrected chi connectivity index (χ3v) is 5.52. The van der Waals surface area contributed by atoms with E-state index in [-0.39, 0.29) is 28.7 Å². The second-order valence-corrected chi connectivity index (χ2v) is 7.73. The van der Waals surface area contributed by atoms with Crippen LogP contribution >= 0.6 is 11.6 Å². The zero-order chi connectivity index (χ0) is 22.3. The summed E-state index contributed by atoms with van der Waals surface area (Å²) in [7, 11) is 3.23. The maximum absolute atomic E-state index is 13.2. The summed E-state index contributed by atoms with van der Waals surface area (Å²) in [6.45, 7) is 0.747. The standard InChI is InChI=1S/C20H19ClF2N6O2/c1-27(2)20(31)17-13-10-28(15-9-24-25-19(30)16(15)21)7-6-14(13)29(26-17)12-5-3-4-11(8-12)18(22)23/h3-5,8-9,18H,6-7,10H2,1-2H3,(H,25,30). The van der Waals surface area contributed by atoms with E-state index in [4.69, 9.17) is 11.6 Å². The van der Waals surface area contributed by atoms with Crippen LogP contribution in [0.3, 0.4) is 0 Å². The number of hydrogen-bond acceptors (Lipinski definition) is 5. The third-order valence-electron chi connectivity index (χ3n) is 5.15. The number of hydrogen-bond donors (Lipinski definition) is 1. The number of nitrogens with zero attached hydrogens (tertiary/aromatic N) is 5. The Labute approximate surface area is 181 Å². The smallest absolute Gasteiger partial charge is 0.285 e. The Bertz CT molecular complexity index is 1210. The maximum atomic E-state index is 13.2. The average molecular weight is 449 g/mol. The number of fused-ring (bicyclic) bond motifs is 1. The number of halogens is 3. The predicted octanol–water partition coefficient (Wildman–Crippen LogP) is 2.81. The van der Waals surface area contributed by atoms with E-state index in [2.05, 4.69) is 15.3 Å². The highest BCUT2D eigenvalue weighted by Crippen LogP contribution is 2.31. The first-order valence-corrected chi connectivity index (χ1v) is 9.84. The molecular formula is C20H19ClF2N6O2. The molecule has 0 fully saturated rings.